The third kappa shape index (κ3) is 4.07. The molecule has 0 radical (unpaired) electrons. The minimum atomic E-state index is -1.04. The number of aromatic nitrogens is 5. The van der Waals surface area contributed by atoms with Gasteiger partial charge in [-0.1, -0.05) is 12.1 Å². The van der Waals surface area contributed by atoms with Crippen molar-refractivity contribution in [2.24, 2.45) is 5.92 Å². The summed E-state index contributed by atoms with van der Waals surface area (Å²) in [6.07, 6.45) is 6.98. The van der Waals surface area contributed by atoms with Crippen molar-refractivity contribution < 1.29 is 9.90 Å². The van der Waals surface area contributed by atoms with E-state index in [-0.39, 0.29) is 5.69 Å². The highest BCUT2D eigenvalue weighted by Gasteiger charge is 2.24. The van der Waals surface area contributed by atoms with E-state index in [9.17, 15) is 4.79 Å². The molecule has 28 heavy (non-hydrogen) atoms. The van der Waals surface area contributed by atoms with Gasteiger partial charge in [-0.3, -0.25) is 4.68 Å². The van der Waals surface area contributed by atoms with Crippen LogP contribution in [0.3, 0.4) is 0 Å². The summed E-state index contributed by atoms with van der Waals surface area (Å²) in [5.41, 5.74) is 1.07. The van der Waals surface area contributed by atoms with E-state index >= 15 is 0 Å². The topological polar surface area (TPSA) is 100 Å². The van der Waals surface area contributed by atoms with Crippen LogP contribution < -0.4 is 9.80 Å². The molecule has 2 aliphatic rings. The molecular formula is C19H27N7O2. The zero-order chi connectivity index (χ0) is 19.5. The molecule has 0 aliphatic carbocycles. The van der Waals surface area contributed by atoms with Gasteiger partial charge in [-0.05, 0) is 38.0 Å². The highest BCUT2D eigenvalue weighted by molar-refractivity contribution is 5.84. The third-order valence-electron chi connectivity index (χ3n) is 5.55. The summed E-state index contributed by atoms with van der Waals surface area (Å²) in [6, 6.07) is 2.11. The smallest absolute Gasteiger partial charge is 0.358 e. The van der Waals surface area contributed by atoms with Crippen molar-refractivity contribution in [1.82, 2.24) is 25.0 Å². The number of piperidine rings is 1. The first kappa shape index (κ1) is 18.6. The van der Waals surface area contributed by atoms with Gasteiger partial charge in [-0.25, -0.2) is 9.78 Å². The summed E-state index contributed by atoms with van der Waals surface area (Å²) in [4.78, 5) is 25.3. The Morgan fingerprint density at radius 1 is 1.18 bits per heavy atom. The molecule has 4 rings (SSSR count). The maximum absolute atomic E-state index is 11.0. The zero-order valence-corrected chi connectivity index (χ0v) is 16.3. The van der Waals surface area contributed by atoms with Crippen molar-refractivity contribution >= 4 is 17.7 Å². The van der Waals surface area contributed by atoms with Gasteiger partial charge in [0.05, 0.1) is 6.20 Å². The Bertz CT molecular complexity index is 831. The highest BCUT2D eigenvalue weighted by atomic mass is 16.4. The molecule has 2 aromatic rings. The maximum Gasteiger partial charge on any atom is 0.358 e. The van der Waals surface area contributed by atoms with Crippen LogP contribution in [0.1, 0.15) is 48.8 Å². The number of carboxylic acid groups (broad SMARTS) is 1. The fraction of sp³-hybridized carbons (Fsp3) is 0.632. The molecule has 2 aliphatic heterocycles. The molecule has 4 heterocycles. The molecule has 9 heteroatoms. The number of rotatable bonds is 6. The zero-order valence-electron chi connectivity index (χ0n) is 16.3. The van der Waals surface area contributed by atoms with Gasteiger partial charge in [0.15, 0.2) is 5.69 Å². The Labute approximate surface area is 164 Å². The van der Waals surface area contributed by atoms with Crippen molar-refractivity contribution in [1.29, 1.82) is 0 Å². The molecule has 0 unspecified atom stereocenters. The van der Waals surface area contributed by atoms with E-state index in [0.717, 1.165) is 62.9 Å². The number of nitrogens with zero attached hydrogens (tertiary/aromatic N) is 7. The summed E-state index contributed by atoms with van der Waals surface area (Å²) in [6.45, 7) is 6.72. The van der Waals surface area contributed by atoms with Crippen LogP contribution in [-0.2, 0) is 13.0 Å². The van der Waals surface area contributed by atoms with E-state index in [1.807, 2.05) is 0 Å². The lowest BCUT2D eigenvalue weighted by molar-refractivity contribution is 0.0690. The number of hydrogen-bond donors (Lipinski definition) is 1. The minimum Gasteiger partial charge on any atom is -0.476 e. The van der Waals surface area contributed by atoms with Crippen LogP contribution in [-0.4, -0.2) is 62.2 Å². The SMILES string of the molecule is CCc1cc(N2CCC[C@@H](Cn3cc(C(=O)O)nn3)C2)nc(N2CCCC2)n1. The number of hydrogen-bond acceptors (Lipinski definition) is 7. The van der Waals surface area contributed by atoms with Crippen molar-refractivity contribution in [2.75, 3.05) is 36.0 Å². The minimum absolute atomic E-state index is 0.00805. The van der Waals surface area contributed by atoms with Gasteiger partial charge in [-0.15, -0.1) is 5.10 Å². The van der Waals surface area contributed by atoms with Gasteiger partial charge in [0, 0.05) is 44.5 Å². The molecular weight excluding hydrogens is 358 g/mol. The van der Waals surface area contributed by atoms with Crippen LogP contribution >= 0.6 is 0 Å². The summed E-state index contributed by atoms with van der Waals surface area (Å²) >= 11 is 0. The molecule has 2 aromatic heterocycles. The van der Waals surface area contributed by atoms with Crippen LogP contribution in [0.25, 0.3) is 0 Å². The Morgan fingerprint density at radius 2 is 1.96 bits per heavy atom. The van der Waals surface area contributed by atoms with Crippen LogP contribution in [0.15, 0.2) is 12.3 Å². The predicted molar refractivity (Wildman–Crippen MR) is 105 cm³/mol. The first-order valence-electron chi connectivity index (χ1n) is 10.1. The lowest BCUT2D eigenvalue weighted by Crippen LogP contribution is -2.38. The lowest BCUT2D eigenvalue weighted by Gasteiger charge is -2.34. The van der Waals surface area contributed by atoms with Crippen molar-refractivity contribution in [3.63, 3.8) is 0 Å². The second kappa shape index (κ2) is 8.12. The average Bonchev–Trinajstić information content (AvgIpc) is 3.40. The van der Waals surface area contributed by atoms with Crippen LogP contribution in [0.2, 0.25) is 0 Å². The molecule has 0 amide bonds. The van der Waals surface area contributed by atoms with E-state index < -0.39 is 5.97 Å². The van der Waals surface area contributed by atoms with Gasteiger partial charge in [-0.2, -0.15) is 4.98 Å². The second-order valence-corrected chi connectivity index (χ2v) is 7.65. The van der Waals surface area contributed by atoms with Crippen LogP contribution in [0.5, 0.6) is 0 Å². The molecule has 2 saturated heterocycles. The van der Waals surface area contributed by atoms with Gasteiger partial charge < -0.3 is 14.9 Å². The molecule has 1 atom stereocenters. The first-order chi connectivity index (χ1) is 13.6. The largest absolute Gasteiger partial charge is 0.476 e. The van der Waals surface area contributed by atoms with E-state index in [0.29, 0.717) is 12.5 Å². The number of aryl methyl sites for hydroxylation is 1. The number of carbonyl (C=O) groups is 1. The maximum atomic E-state index is 11.0. The summed E-state index contributed by atoms with van der Waals surface area (Å²) < 4.78 is 1.64. The quantitative estimate of drug-likeness (QED) is 0.804. The normalized spacial score (nSPS) is 20.0. The number of carboxylic acids is 1. The third-order valence-corrected chi connectivity index (χ3v) is 5.55. The van der Waals surface area contributed by atoms with E-state index in [1.54, 1.807) is 4.68 Å². The van der Waals surface area contributed by atoms with Crippen LogP contribution in [0, 0.1) is 5.92 Å². The van der Waals surface area contributed by atoms with Crippen molar-refractivity contribution in [2.45, 2.75) is 45.6 Å². The Hall–Kier alpha value is -2.71. The molecule has 2 fully saturated rings. The fourth-order valence-electron chi connectivity index (χ4n) is 4.04. The molecule has 0 bridgehead atoms. The second-order valence-electron chi connectivity index (χ2n) is 7.65. The molecule has 0 spiro atoms. The Balaban J connectivity index is 1.48. The molecule has 9 nitrogen and oxygen atoms in total. The van der Waals surface area contributed by atoms with Crippen molar-refractivity contribution in [3.8, 4) is 0 Å². The average molecular weight is 385 g/mol. The number of anilines is 2. The number of aromatic carboxylic acids is 1. The van der Waals surface area contributed by atoms with Gasteiger partial charge >= 0.3 is 5.97 Å². The van der Waals surface area contributed by atoms with E-state index in [4.69, 9.17) is 15.1 Å². The predicted octanol–water partition coefficient (Wildman–Crippen LogP) is 1.85. The monoisotopic (exact) mass is 385 g/mol. The molecule has 1 N–H and O–H groups in total. The van der Waals surface area contributed by atoms with E-state index in [1.165, 1.54) is 19.0 Å². The lowest BCUT2D eigenvalue weighted by atomic mass is 9.98. The van der Waals surface area contributed by atoms with Gasteiger partial charge in [0.2, 0.25) is 5.95 Å². The first-order valence-corrected chi connectivity index (χ1v) is 10.1. The van der Waals surface area contributed by atoms with Crippen molar-refractivity contribution in [3.05, 3.63) is 23.7 Å². The summed E-state index contributed by atoms with van der Waals surface area (Å²) in [7, 11) is 0. The highest BCUT2D eigenvalue weighted by Crippen LogP contribution is 2.26. The van der Waals surface area contributed by atoms with Gasteiger partial charge in [0.1, 0.15) is 5.82 Å². The Morgan fingerprint density at radius 3 is 2.68 bits per heavy atom. The van der Waals surface area contributed by atoms with Crippen LogP contribution in [0.4, 0.5) is 11.8 Å². The summed E-state index contributed by atoms with van der Waals surface area (Å²) in [5.74, 6) is 1.20. The standard InChI is InChI=1S/C19H27N7O2/c1-2-15-10-17(21-19(20-15)24-7-3-4-8-24)25-9-5-6-14(11-25)12-26-13-16(18(27)28)22-23-26/h10,13-14H,2-9,11-12H2,1H3,(H,27,28)/t14-/m1/s1. The Kier molecular flexibility index (Phi) is 5.40. The molecule has 150 valence electrons. The molecule has 0 aromatic carbocycles. The molecule has 0 saturated carbocycles. The summed E-state index contributed by atoms with van der Waals surface area (Å²) in [5, 5.41) is 16.7. The van der Waals surface area contributed by atoms with Gasteiger partial charge in [0.25, 0.3) is 0 Å². The van der Waals surface area contributed by atoms with E-state index in [2.05, 4.69) is 33.1 Å². The fourth-order valence-corrected chi connectivity index (χ4v) is 4.04.